The first-order chi connectivity index (χ1) is 17.6. The van der Waals surface area contributed by atoms with Crippen LogP contribution < -0.4 is 0 Å². The molecule has 0 amide bonds. The molecule has 4 heterocycles. The Balaban J connectivity index is 1.33. The zero-order valence-electron chi connectivity index (χ0n) is 19.7. The van der Waals surface area contributed by atoms with Gasteiger partial charge in [-0.1, -0.05) is 18.2 Å². The molecule has 0 saturated carbocycles. The van der Waals surface area contributed by atoms with Crippen molar-refractivity contribution in [3.8, 4) is 22.4 Å². The summed E-state index contributed by atoms with van der Waals surface area (Å²) in [5.74, 6) is -0.761. The number of halogens is 1. The second kappa shape index (κ2) is 9.21. The lowest BCUT2D eigenvalue weighted by Gasteiger charge is -2.28. The Kier molecular flexibility index (Phi) is 5.74. The molecule has 1 saturated heterocycles. The Morgan fingerprint density at radius 3 is 2.47 bits per heavy atom. The standard InChI is InChI=1S/C30H26FN3O2/c31-25-7-5-21(6-8-25)29-28(20-9-12-32-13-10-20)27(17-33-29)23-11-14-34-18-24(16-26(34)15-23)19-1-3-22(4-2-19)30(35)36/h1-10,12-13,15,17,24,26,33H,11,14,16,18H2,(H,35,36)/t24-,26-/m1/s1. The molecule has 6 heteroatoms. The van der Waals surface area contributed by atoms with Gasteiger partial charge in [0.1, 0.15) is 5.82 Å². The summed E-state index contributed by atoms with van der Waals surface area (Å²) >= 11 is 0. The summed E-state index contributed by atoms with van der Waals surface area (Å²) < 4.78 is 13.6. The van der Waals surface area contributed by atoms with Crippen molar-refractivity contribution in [2.45, 2.75) is 24.8 Å². The predicted octanol–water partition coefficient (Wildman–Crippen LogP) is 6.23. The lowest BCUT2D eigenvalue weighted by atomic mass is 9.90. The van der Waals surface area contributed by atoms with Crippen LogP contribution in [0.4, 0.5) is 4.39 Å². The molecule has 2 aliphatic heterocycles. The van der Waals surface area contributed by atoms with Gasteiger partial charge in [-0.15, -0.1) is 0 Å². The molecule has 2 N–H and O–H groups in total. The summed E-state index contributed by atoms with van der Waals surface area (Å²) in [5, 5.41) is 9.20. The molecule has 6 rings (SSSR count). The number of nitrogens with zero attached hydrogens (tertiary/aromatic N) is 2. The van der Waals surface area contributed by atoms with Crippen molar-refractivity contribution in [2.75, 3.05) is 13.1 Å². The maximum atomic E-state index is 13.6. The molecular weight excluding hydrogens is 453 g/mol. The van der Waals surface area contributed by atoms with Crippen LogP contribution in [0.25, 0.3) is 28.0 Å². The third kappa shape index (κ3) is 4.14. The summed E-state index contributed by atoms with van der Waals surface area (Å²) in [5.41, 5.74) is 8.12. The number of carbonyl (C=O) groups is 1. The maximum absolute atomic E-state index is 13.6. The van der Waals surface area contributed by atoms with Crippen LogP contribution in [0, 0.1) is 5.82 Å². The number of hydrogen-bond donors (Lipinski definition) is 2. The summed E-state index contributed by atoms with van der Waals surface area (Å²) in [6.45, 7) is 1.96. The number of H-pyrrole nitrogens is 1. The summed E-state index contributed by atoms with van der Waals surface area (Å²) in [7, 11) is 0. The number of hydrogen-bond acceptors (Lipinski definition) is 3. The fourth-order valence-corrected chi connectivity index (χ4v) is 5.65. The second-order valence-corrected chi connectivity index (χ2v) is 9.56. The maximum Gasteiger partial charge on any atom is 0.335 e. The molecule has 0 radical (unpaired) electrons. The van der Waals surface area contributed by atoms with Gasteiger partial charge in [-0.05, 0) is 89.6 Å². The highest BCUT2D eigenvalue weighted by atomic mass is 19.1. The summed E-state index contributed by atoms with van der Waals surface area (Å²) in [6, 6.07) is 18.3. The van der Waals surface area contributed by atoms with E-state index in [1.54, 1.807) is 24.5 Å². The molecule has 180 valence electrons. The van der Waals surface area contributed by atoms with Gasteiger partial charge in [-0.2, -0.15) is 0 Å². The Morgan fingerprint density at radius 2 is 1.75 bits per heavy atom. The van der Waals surface area contributed by atoms with Gasteiger partial charge >= 0.3 is 5.97 Å². The number of aromatic amines is 1. The lowest BCUT2D eigenvalue weighted by Crippen LogP contribution is -2.32. The van der Waals surface area contributed by atoms with Crippen molar-refractivity contribution < 1.29 is 14.3 Å². The van der Waals surface area contributed by atoms with E-state index in [4.69, 9.17) is 0 Å². The Morgan fingerprint density at radius 1 is 1.00 bits per heavy atom. The van der Waals surface area contributed by atoms with Gasteiger partial charge < -0.3 is 10.1 Å². The molecule has 2 atom stereocenters. The van der Waals surface area contributed by atoms with E-state index in [0.717, 1.165) is 48.3 Å². The molecule has 36 heavy (non-hydrogen) atoms. The average molecular weight is 480 g/mol. The molecule has 0 aliphatic carbocycles. The first-order valence-electron chi connectivity index (χ1n) is 12.2. The van der Waals surface area contributed by atoms with Gasteiger partial charge in [0.05, 0.1) is 11.3 Å². The van der Waals surface area contributed by atoms with Crippen molar-refractivity contribution in [3.05, 3.63) is 108 Å². The monoisotopic (exact) mass is 479 g/mol. The van der Waals surface area contributed by atoms with E-state index >= 15 is 0 Å². The molecule has 2 aromatic heterocycles. The van der Waals surface area contributed by atoms with Crippen LogP contribution in [0.5, 0.6) is 0 Å². The minimum atomic E-state index is -0.894. The fraction of sp³-hybridized carbons (Fsp3) is 0.200. The van der Waals surface area contributed by atoms with Crippen LogP contribution in [0.15, 0.2) is 85.3 Å². The third-order valence-corrected chi connectivity index (χ3v) is 7.47. The van der Waals surface area contributed by atoms with Crippen LogP contribution in [0.3, 0.4) is 0 Å². The van der Waals surface area contributed by atoms with Gasteiger partial charge in [-0.25, -0.2) is 9.18 Å². The topological polar surface area (TPSA) is 69.2 Å². The van der Waals surface area contributed by atoms with Crippen molar-refractivity contribution in [3.63, 3.8) is 0 Å². The van der Waals surface area contributed by atoms with E-state index in [1.165, 1.54) is 28.8 Å². The molecule has 0 unspecified atom stereocenters. The minimum Gasteiger partial charge on any atom is -0.478 e. The normalized spacial score (nSPS) is 19.6. The quantitative estimate of drug-likeness (QED) is 0.356. The second-order valence-electron chi connectivity index (χ2n) is 9.56. The number of aromatic nitrogens is 2. The number of rotatable bonds is 5. The number of benzene rings is 2. The largest absolute Gasteiger partial charge is 0.478 e. The number of aromatic carboxylic acids is 1. The van der Waals surface area contributed by atoms with E-state index in [0.29, 0.717) is 17.5 Å². The fourth-order valence-electron chi connectivity index (χ4n) is 5.65. The van der Waals surface area contributed by atoms with E-state index < -0.39 is 5.97 Å². The highest BCUT2D eigenvalue weighted by molar-refractivity contribution is 5.91. The number of nitrogens with one attached hydrogen (secondary N) is 1. The Hall–Kier alpha value is -4.03. The molecule has 0 bridgehead atoms. The summed E-state index contributed by atoms with van der Waals surface area (Å²) in [6.07, 6.45) is 10.0. The molecular formula is C30H26FN3O2. The van der Waals surface area contributed by atoms with Crippen LogP contribution in [-0.4, -0.2) is 45.1 Å². The van der Waals surface area contributed by atoms with Crippen LogP contribution >= 0.6 is 0 Å². The van der Waals surface area contributed by atoms with Gasteiger partial charge in [0.15, 0.2) is 0 Å². The average Bonchev–Trinajstić information content (AvgIpc) is 3.54. The van der Waals surface area contributed by atoms with Gasteiger partial charge in [-0.3, -0.25) is 9.88 Å². The number of carboxylic acid groups (broad SMARTS) is 1. The zero-order chi connectivity index (χ0) is 24.6. The van der Waals surface area contributed by atoms with Crippen LogP contribution in [-0.2, 0) is 0 Å². The van der Waals surface area contributed by atoms with Gasteiger partial charge in [0, 0.05) is 48.8 Å². The minimum absolute atomic E-state index is 0.251. The first kappa shape index (κ1) is 22.4. The van der Waals surface area contributed by atoms with Crippen LogP contribution in [0.1, 0.15) is 40.2 Å². The first-order valence-corrected chi connectivity index (χ1v) is 12.2. The molecule has 1 fully saturated rings. The van der Waals surface area contributed by atoms with Crippen molar-refractivity contribution in [2.24, 2.45) is 0 Å². The zero-order valence-corrected chi connectivity index (χ0v) is 19.7. The number of fused-ring (bicyclic) bond motifs is 1. The molecule has 2 aliphatic rings. The Bertz CT molecular complexity index is 1430. The van der Waals surface area contributed by atoms with E-state index in [2.05, 4.69) is 27.1 Å². The van der Waals surface area contributed by atoms with E-state index in [9.17, 15) is 14.3 Å². The SMILES string of the molecule is O=C(O)c1ccc([C@@H]2C[C@H]3C=C(c4c[nH]c(-c5ccc(F)cc5)c4-c4ccncc4)CCN3C2)cc1. The van der Waals surface area contributed by atoms with Crippen molar-refractivity contribution in [1.29, 1.82) is 0 Å². The van der Waals surface area contributed by atoms with Gasteiger partial charge in [0.2, 0.25) is 0 Å². The number of carboxylic acids is 1. The van der Waals surface area contributed by atoms with E-state index in [1.807, 2.05) is 36.4 Å². The third-order valence-electron chi connectivity index (χ3n) is 7.47. The molecule has 5 nitrogen and oxygen atoms in total. The van der Waals surface area contributed by atoms with Crippen molar-refractivity contribution in [1.82, 2.24) is 14.9 Å². The van der Waals surface area contributed by atoms with E-state index in [-0.39, 0.29) is 5.82 Å². The van der Waals surface area contributed by atoms with Gasteiger partial charge in [0.25, 0.3) is 0 Å². The lowest BCUT2D eigenvalue weighted by molar-refractivity contribution is 0.0697. The van der Waals surface area contributed by atoms with Crippen molar-refractivity contribution >= 4 is 11.5 Å². The summed E-state index contributed by atoms with van der Waals surface area (Å²) in [4.78, 5) is 21.4. The molecule has 2 aromatic carbocycles. The Labute approximate surface area is 208 Å². The molecule has 0 spiro atoms. The highest BCUT2D eigenvalue weighted by Crippen LogP contribution is 2.42. The highest BCUT2D eigenvalue weighted by Gasteiger charge is 2.34. The number of pyridine rings is 1. The smallest absolute Gasteiger partial charge is 0.335 e. The molecule has 4 aromatic rings. The predicted molar refractivity (Wildman–Crippen MR) is 138 cm³/mol. The van der Waals surface area contributed by atoms with Crippen LogP contribution in [0.2, 0.25) is 0 Å².